The number of hydrogen-bond donors (Lipinski definition) is 0. The van der Waals surface area contributed by atoms with Crippen molar-refractivity contribution in [3.8, 4) is 11.4 Å². The molecule has 0 saturated heterocycles. The number of carbonyl (C=O) groups is 1. The Labute approximate surface area is 161 Å². The van der Waals surface area contributed by atoms with Crippen LogP contribution >= 0.6 is 23.1 Å². The molecule has 2 aromatic heterocycles. The lowest BCUT2D eigenvalue weighted by molar-refractivity contribution is -0.384. The van der Waals surface area contributed by atoms with E-state index in [1.807, 2.05) is 30.3 Å². The summed E-state index contributed by atoms with van der Waals surface area (Å²) in [4.78, 5) is 23.1. The fourth-order valence-corrected chi connectivity index (χ4v) is 4.18. The van der Waals surface area contributed by atoms with Gasteiger partial charge in [0.1, 0.15) is 0 Å². The smallest absolute Gasteiger partial charge is 0.269 e. The summed E-state index contributed by atoms with van der Waals surface area (Å²) in [5.74, 6) is 0.710. The van der Waals surface area contributed by atoms with E-state index in [1.165, 1.54) is 47.4 Å². The van der Waals surface area contributed by atoms with E-state index in [2.05, 4.69) is 15.3 Å². The van der Waals surface area contributed by atoms with Crippen LogP contribution in [0.4, 0.5) is 5.69 Å². The average molecular weight is 397 g/mol. The SMILES string of the molecule is O=C(CSc1nn2c(-c3ccccc3)nnc2s1)c1ccc([N+](=O)[O-])cc1. The minimum atomic E-state index is -0.493. The summed E-state index contributed by atoms with van der Waals surface area (Å²) in [5, 5.41) is 23.5. The zero-order chi connectivity index (χ0) is 18.8. The van der Waals surface area contributed by atoms with Gasteiger partial charge in [0.05, 0.1) is 10.7 Å². The highest BCUT2D eigenvalue weighted by Crippen LogP contribution is 2.28. The second-order valence-electron chi connectivity index (χ2n) is 5.47. The van der Waals surface area contributed by atoms with Crippen LogP contribution < -0.4 is 0 Å². The normalized spacial score (nSPS) is 11.0. The van der Waals surface area contributed by atoms with Crippen LogP contribution in [0.1, 0.15) is 10.4 Å². The van der Waals surface area contributed by atoms with E-state index in [4.69, 9.17) is 0 Å². The largest absolute Gasteiger partial charge is 0.293 e. The number of thioether (sulfide) groups is 1. The summed E-state index contributed by atoms with van der Waals surface area (Å²) in [6.45, 7) is 0. The zero-order valence-corrected chi connectivity index (χ0v) is 15.3. The van der Waals surface area contributed by atoms with Gasteiger partial charge in [-0.3, -0.25) is 14.9 Å². The van der Waals surface area contributed by atoms with Gasteiger partial charge in [-0.1, -0.05) is 53.4 Å². The van der Waals surface area contributed by atoms with Crippen molar-refractivity contribution >= 4 is 39.5 Å². The van der Waals surface area contributed by atoms with E-state index in [0.29, 0.717) is 20.7 Å². The number of nitrogens with zero attached hydrogens (tertiary/aromatic N) is 5. The molecule has 0 unspecified atom stereocenters. The Bertz CT molecular complexity index is 1120. The number of benzene rings is 2. The van der Waals surface area contributed by atoms with E-state index in [9.17, 15) is 14.9 Å². The van der Waals surface area contributed by atoms with E-state index in [-0.39, 0.29) is 17.2 Å². The quantitative estimate of drug-likeness (QED) is 0.211. The number of hydrogen-bond acceptors (Lipinski definition) is 8. The second-order valence-corrected chi connectivity index (χ2v) is 7.65. The molecular weight excluding hydrogens is 386 g/mol. The molecular formula is C17H11N5O3S2. The first-order chi connectivity index (χ1) is 13.1. The van der Waals surface area contributed by atoms with Crippen LogP contribution in [-0.4, -0.2) is 36.3 Å². The van der Waals surface area contributed by atoms with Crippen LogP contribution in [0.3, 0.4) is 0 Å². The Kier molecular flexibility index (Phi) is 4.65. The highest BCUT2D eigenvalue weighted by Gasteiger charge is 2.15. The fraction of sp³-hybridized carbons (Fsp3) is 0.0588. The number of Topliss-reactive ketones (excluding diaryl/α,β-unsaturated/α-hetero) is 1. The van der Waals surface area contributed by atoms with E-state index >= 15 is 0 Å². The molecule has 0 fully saturated rings. The Morgan fingerprint density at radius 3 is 2.56 bits per heavy atom. The van der Waals surface area contributed by atoms with Crippen LogP contribution in [0.2, 0.25) is 0 Å². The maximum atomic E-state index is 12.3. The second kappa shape index (κ2) is 7.25. The summed E-state index contributed by atoms with van der Waals surface area (Å²) in [7, 11) is 0. The molecule has 10 heteroatoms. The van der Waals surface area contributed by atoms with Crippen LogP contribution in [0.15, 0.2) is 58.9 Å². The molecule has 0 atom stereocenters. The first-order valence-electron chi connectivity index (χ1n) is 7.80. The Hall–Kier alpha value is -3.11. The third kappa shape index (κ3) is 3.57. The number of nitro benzene ring substituents is 1. The third-order valence-corrected chi connectivity index (χ3v) is 5.76. The van der Waals surface area contributed by atoms with Crippen molar-refractivity contribution in [3.05, 3.63) is 70.3 Å². The first kappa shape index (κ1) is 17.3. The molecule has 134 valence electrons. The Balaban J connectivity index is 1.48. The van der Waals surface area contributed by atoms with Gasteiger partial charge in [0, 0.05) is 23.3 Å². The lowest BCUT2D eigenvalue weighted by atomic mass is 10.1. The lowest BCUT2D eigenvalue weighted by Gasteiger charge is -1.99. The first-order valence-corrected chi connectivity index (χ1v) is 9.60. The highest BCUT2D eigenvalue weighted by molar-refractivity contribution is 8.01. The monoisotopic (exact) mass is 397 g/mol. The van der Waals surface area contributed by atoms with Gasteiger partial charge in [-0.2, -0.15) is 4.52 Å². The van der Waals surface area contributed by atoms with Crippen molar-refractivity contribution in [1.29, 1.82) is 0 Å². The maximum absolute atomic E-state index is 12.3. The Morgan fingerprint density at radius 2 is 1.85 bits per heavy atom. The molecule has 4 aromatic rings. The molecule has 0 bridgehead atoms. The van der Waals surface area contributed by atoms with Gasteiger partial charge in [-0.15, -0.1) is 15.3 Å². The van der Waals surface area contributed by atoms with Gasteiger partial charge in [0.25, 0.3) is 5.69 Å². The zero-order valence-electron chi connectivity index (χ0n) is 13.7. The molecule has 4 rings (SSSR count). The molecule has 2 heterocycles. The van der Waals surface area contributed by atoms with Crippen LogP contribution in [0, 0.1) is 10.1 Å². The van der Waals surface area contributed by atoms with Gasteiger partial charge < -0.3 is 0 Å². The predicted octanol–water partition coefficient (Wildman–Crippen LogP) is 3.74. The maximum Gasteiger partial charge on any atom is 0.269 e. The van der Waals surface area contributed by atoms with Crippen molar-refractivity contribution in [1.82, 2.24) is 19.8 Å². The van der Waals surface area contributed by atoms with Gasteiger partial charge in [-0.25, -0.2) is 0 Å². The summed E-state index contributed by atoms with van der Waals surface area (Å²) >= 11 is 2.66. The summed E-state index contributed by atoms with van der Waals surface area (Å²) in [5.41, 5.74) is 1.30. The minimum Gasteiger partial charge on any atom is -0.293 e. The molecule has 0 aliphatic heterocycles. The van der Waals surface area contributed by atoms with Gasteiger partial charge in [0.15, 0.2) is 15.9 Å². The molecule has 0 N–H and O–H groups in total. The van der Waals surface area contributed by atoms with Crippen molar-refractivity contribution in [2.75, 3.05) is 5.75 Å². The summed E-state index contributed by atoms with van der Waals surface area (Å²) < 4.78 is 2.37. The van der Waals surface area contributed by atoms with E-state index in [1.54, 1.807) is 4.52 Å². The van der Waals surface area contributed by atoms with Crippen molar-refractivity contribution < 1.29 is 9.72 Å². The molecule has 8 nitrogen and oxygen atoms in total. The van der Waals surface area contributed by atoms with Gasteiger partial charge in [-0.05, 0) is 12.1 Å². The van der Waals surface area contributed by atoms with Crippen LogP contribution in [-0.2, 0) is 0 Å². The van der Waals surface area contributed by atoms with Gasteiger partial charge in [0.2, 0.25) is 4.96 Å². The van der Waals surface area contributed by atoms with Crippen molar-refractivity contribution in [2.45, 2.75) is 4.34 Å². The fourth-order valence-electron chi connectivity index (χ4n) is 2.40. The Morgan fingerprint density at radius 1 is 1.11 bits per heavy atom. The van der Waals surface area contributed by atoms with Crippen LogP contribution in [0.25, 0.3) is 16.3 Å². The third-order valence-electron chi connectivity index (χ3n) is 3.73. The standard InChI is InChI=1S/C17H11N5O3S2/c23-14(11-6-8-13(9-7-11)22(24)25)10-26-17-20-21-15(18-19-16(21)27-17)12-4-2-1-3-5-12/h1-9H,10H2. The summed E-state index contributed by atoms with van der Waals surface area (Å²) in [6, 6.07) is 15.2. The number of rotatable bonds is 6. The number of ketones is 1. The van der Waals surface area contributed by atoms with E-state index in [0.717, 1.165) is 5.56 Å². The van der Waals surface area contributed by atoms with E-state index < -0.39 is 4.92 Å². The molecule has 27 heavy (non-hydrogen) atoms. The van der Waals surface area contributed by atoms with Gasteiger partial charge >= 0.3 is 0 Å². The van der Waals surface area contributed by atoms with Crippen molar-refractivity contribution in [3.63, 3.8) is 0 Å². The lowest BCUT2D eigenvalue weighted by Crippen LogP contribution is -2.02. The number of fused-ring (bicyclic) bond motifs is 1. The molecule has 0 saturated carbocycles. The summed E-state index contributed by atoms with van der Waals surface area (Å²) in [6.07, 6.45) is 0. The topological polar surface area (TPSA) is 103 Å². The number of non-ortho nitro benzene ring substituents is 1. The molecule has 0 amide bonds. The average Bonchev–Trinajstić information content (AvgIpc) is 3.27. The van der Waals surface area contributed by atoms with Crippen LogP contribution in [0.5, 0.6) is 0 Å². The molecule has 0 aliphatic carbocycles. The molecule has 0 aliphatic rings. The predicted molar refractivity (Wildman–Crippen MR) is 102 cm³/mol. The molecule has 0 radical (unpaired) electrons. The number of aromatic nitrogens is 4. The molecule has 0 spiro atoms. The number of nitro groups is 1. The highest BCUT2D eigenvalue weighted by atomic mass is 32.2. The van der Waals surface area contributed by atoms with Crippen molar-refractivity contribution in [2.24, 2.45) is 0 Å². The minimum absolute atomic E-state index is 0.0405. The molecule has 2 aromatic carbocycles. The number of carbonyl (C=O) groups excluding carboxylic acids is 1.